The Morgan fingerprint density at radius 1 is 0.404 bits per heavy atom. The molecule has 242 valence electrons. The van der Waals surface area contributed by atoms with Crippen molar-refractivity contribution >= 4 is 0 Å². The molecule has 0 saturated heterocycles. The zero-order chi connectivity index (χ0) is 34.6. The molecule has 0 amide bonds. The number of nitrogens with zero attached hydrogens (tertiary/aromatic N) is 4. The molecule has 10 rings (SSSR count). The van der Waals surface area contributed by atoms with Crippen LogP contribution in [0.25, 0.3) is 56.4 Å². The van der Waals surface area contributed by atoms with Crippen LogP contribution in [0.3, 0.4) is 0 Å². The van der Waals surface area contributed by atoms with Crippen molar-refractivity contribution in [3.63, 3.8) is 0 Å². The number of hydrogen-bond donors (Lipinski definition) is 0. The highest BCUT2D eigenvalue weighted by atomic mass is 16.5. The molecule has 0 atom stereocenters. The normalized spacial score (nSPS) is 12.9. The lowest BCUT2D eigenvalue weighted by Crippen LogP contribution is -2.32. The van der Waals surface area contributed by atoms with E-state index in [1.54, 1.807) is 0 Å². The molecular formula is C47H28N4O. The summed E-state index contributed by atoms with van der Waals surface area (Å²) in [5.41, 5.74) is 11.9. The Kier molecular flexibility index (Phi) is 6.70. The topological polar surface area (TPSA) is 71.7 Å². The predicted octanol–water partition coefficient (Wildman–Crippen LogP) is 10.9. The van der Waals surface area contributed by atoms with Gasteiger partial charge in [-0.15, -0.1) is 0 Å². The number of hydrogen-bond acceptors (Lipinski definition) is 5. The Bertz CT molecular complexity index is 2670. The SMILES string of the molecule is N#Cc1ccc(-c2ccc(-c3nc(-c4ccccc4)nc(-c4ccc5c(c4)C4(c6ccccc6Oc6ccccc64)c4ccccc4-5)n3)cc2)cc1. The summed E-state index contributed by atoms with van der Waals surface area (Å²) < 4.78 is 6.54. The van der Waals surface area contributed by atoms with Crippen molar-refractivity contribution in [3.05, 3.63) is 198 Å². The molecule has 0 fully saturated rings. The summed E-state index contributed by atoms with van der Waals surface area (Å²) in [5, 5.41) is 9.23. The molecule has 1 aliphatic carbocycles. The quantitative estimate of drug-likeness (QED) is 0.187. The van der Waals surface area contributed by atoms with Crippen molar-refractivity contribution in [2.75, 3.05) is 0 Å². The number of para-hydroxylation sites is 2. The van der Waals surface area contributed by atoms with E-state index in [1.165, 1.54) is 22.3 Å². The second-order valence-electron chi connectivity index (χ2n) is 13.1. The van der Waals surface area contributed by atoms with Gasteiger partial charge in [0.2, 0.25) is 0 Å². The molecule has 0 radical (unpaired) electrons. The summed E-state index contributed by atoms with van der Waals surface area (Å²) in [5.74, 6) is 3.51. The predicted molar refractivity (Wildman–Crippen MR) is 204 cm³/mol. The minimum absolute atomic E-state index is 0.591. The summed E-state index contributed by atoms with van der Waals surface area (Å²) >= 11 is 0. The van der Waals surface area contributed by atoms with Crippen LogP contribution in [-0.2, 0) is 5.41 Å². The molecule has 52 heavy (non-hydrogen) atoms. The average molecular weight is 665 g/mol. The standard InChI is InChI=1S/C47H28N4O/c48-29-30-18-20-31(21-19-30)32-22-24-34(25-23-32)45-49-44(33-10-2-1-3-11-33)50-46(51-45)35-26-27-37-36-12-4-5-13-38(36)47(41(37)28-35)39-14-6-8-16-42(39)52-43-17-9-7-15-40(43)47/h1-28H. The van der Waals surface area contributed by atoms with E-state index >= 15 is 0 Å². The first-order valence-electron chi connectivity index (χ1n) is 17.2. The first kappa shape index (κ1) is 29.7. The summed E-state index contributed by atoms with van der Waals surface area (Å²) in [6, 6.07) is 60.2. The van der Waals surface area contributed by atoms with Gasteiger partial charge >= 0.3 is 0 Å². The lowest BCUT2D eigenvalue weighted by Gasteiger charge is -2.39. The van der Waals surface area contributed by atoms with Crippen molar-refractivity contribution < 1.29 is 4.74 Å². The van der Waals surface area contributed by atoms with E-state index in [9.17, 15) is 5.26 Å². The van der Waals surface area contributed by atoms with Gasteiger partial charge < -0.3 is 4.74 Å². The maximum atomic E-state index is 9.23. The Morgan fingerprint density at radius 3 is 1.50 bits per heavy atom. The van der Waals surface area contributed by atoms with Crippen LogP contribution >= 0.6 is 0 Å². The molecule has 1 aliphatic heterocycles. The van der Waals surface area contributed by atoms with E-state index in [0.29, 0.717) is 23.0 Å². The largest absolute Gasteiger partial charge is 0.457 e. The molecule has 1 aromatic heterocycles. The molecule has 5 heteroatoms. The highest BCUT2D eigenvalue weighted by Crippen LogP contribution is 2.62. The third-order valence-corrected chi connectivity index (χ3v) is 10.3. The van der Waals surface area contributed by atoms with Crippen LogP contribution < -0.4 is 4.74 Å². The molecule has 2 aliphatic rings. The van der Waals surface area contributed by atoms with E-state index in [4.69, 9.17) is 19.7 Å². The Balaban J connectivity index is 1.16. The molecule has 0 bridgehead atoms. The highest BCUT2D eigenvalue weighted by molar-refractivity contribution is 5.90. The van der Waals surface area contributed by atoms with Gasteiger partial charge in [-0.25, -0.2) is 15.0 Å². The molecule has 0 unspecified atom stereocenters. The first-order valence-corrected chi connectivity index (χ1v) is 17.2. The smallest absolute Gasteiger partial charge is 0.164 e. The number of aromatic nitrogens is 3. The van der Waals surface area contributed by atoms with Gasteiger partial charge in [-0.1, -0.05) is 140 Å². The number of rotatable bonds is 4. The van der Waals surface area contributed by atoms with E-state index in [2.05, 4.69) is 97.1 Å². The van der Waals surface area contributed by atoms with Gasteiger partial charge in [0.15, 0.2) is 17.5 Å². The summed E-state index contributed by atoms with van der Waals surface area (Å²) in [7, 11) is 0. The van der Waals surface area contributed by atoms with Crippen molar-refractivity contribution in [1.29, 1.82) is 5.26 Å². The summed E-state index contributed by atoms with van der Waals surface area (Å²) in [4.78, 5) is 15.2. The minimum atomic E-state index is -0.591. The van der Waals surface area contributed by atoms with E-state index in [-0.39, 0.29) is 0 Å². The number of benzene rings is 7. The average Bonchev–Trinajstić information content (AvgIpc) is 3.51. The van der Waals surface area contributed by atoms with Crippen molar-refractivity contribution in [2.45, 2.75) is 5.41 Å². The Labute approximate surface area is 301 Å². The molecule has 8 aromatic rings. The second-order valence-corrected chi connectivity index (χ2v) is 13.1. The Morgan fingerprint density at radius 2 is 0.865 bits per heavy atom. The van der Waals surface area contributed by atoms with Gasteiger partial charge in [0.25, 0.3) is 0 Å². The summed E-state index contributed by atoms with van der Waals surface area (Å²) in [6.07, 6.45) is 0. The third kappa shape index (κ3) is 4.52. The summed E-state index contributed by atoms with van der Waals surface area (Å²) in [6.45, 7) is 0. The van der Waals surface area contributed by atoms with Gasteiger partial charge in [-0.05, 0) is 63.7 Å². The number of ether oxygens (including phenoxy) is 1. The number of fused-ring (bicyclic) bond motifs is 9. The van der Waals surface area contributed by atoms with Crippen LogP contribution in [0, 0.1) is 11.3 Å². The van der Waals surface area contributed by atoms with Crippen LogP contribution in [0.4, 0.5) is 0 Å². The van der Waals surface area contributed by atoms with Crippen LogP contribution in [0.15, 0.2) is 170 Å². The number of nitriles is 1. The van der Waals surface area contributed by atoms with Crippen LogP contribution in [-0.4, -0.2) is 15.0 Å². The lowest BCUT2D eigenvalue weighted by atomic mass is 9.66. The van der Waals surface area contributed by atoms with Crippen LogP contribution in [0.1, 0.15) is 27.8 Å². The van der Waals surface area contributed by atoms with Gasteiger partial charge in [0.1, 0.15) is 11.5 Å². The zero-order valence-corrected chi connectivity index (χ0v) is 27.9. The monoisotopic (exact) mass is 664 g/mol. The minimum Gasteiger partial charge on any atom is -0.457 e. The van der Waals surface area contributed by atoms with Crippen molar-refractivity contribution in [3.8, 4) is 74.0 Å². The maximum absolute atomic E-state index is 9.23. The van der Waals surface area contributed by atoms with E-state index in [1.807, 2.05) is 78.9 Å². The van der Waals surface area contributed by atoms with Crippen LogP contribution in [0.2, 0.25) is 0 Å². The van der Waals surface area contributed by atoms with Gasteiger partial charge in [0, 0.05) is 27.8 Å². The molecule has 5 nitrogen and oxygen atoms in total. The fraction of sp³-hybridized carbons (Fsp3) is 0.0213. The fourth-order valence-electron chi connectivity index (χ4n) is 7.89. The first-order chi connectivity index (χ1) is 25.7. The fourth-order valence-corrected chi connectivity index (χ4v) is 7.89. The molecule has 7 aromatic carbocycles. The van der Waals surface area contributed by atoms with E-state index in [0.717, 1.165) is 50.4 Å². The van der Waals surface area contributed by atoms with E-state index < -0.39 is 5.41 Å². The molecular weight excluding hydrogens is 637 g/mol. The lowest BCUT2D eigenvalue weighted by molar-refractivity contribution is 0.436. The van der Waals surface area contributed by atoms with Crippen molar-refractivity contribution in [1.82, 2.24) is 15.0 Å². The third-order valence-electron chi connectivity index (χ3n) is 10.3. The van der Waals surface area contributed by atoms with Crippen molar-refractivity contribution in [2.24, 2.45) is 0 Å². The molecule has 2 heterocycles. The van der Waals surface area contributed by atoms with Gasteiger partial charge in [-0.2, -0.15) is 5.26 Å². The maximum Gasteiger partial charge on any atom is 0.164 e. The highest BCUT2D eigenvalue weighted by Gasteiger charge is 2.51. The molecule has 0 N–H and O–H groups in total. The zero-order valence-electron chi connectivity index (χ0n) is 27.9. The second kappa shape index (κ2) is 11.7. The van der Waals surface area contributed by atoms with Gasteiger partial charge in [0.05, 0.1) is 17.0 Å². The Hall–Kier alpha value is -7.16. The van der Waals surface area contributed by atoms with Gasteiger partial charge in [-0.3, -0.25) is 0 Å². The molecule has 1 spiro atoms. The molecule has 0 saturated carbocycles. The van der Waals surface area contributed by atoms with Crippen LogP contribution in [0.5, 0.6) is 11.5 Å².